The summed E-state index contributed by atoms with van der Waals surface area (Å²) in [6.45, 7) is 2.29. The van der Waals surface area contributed by atoms with E-state index in [1.807, 2.05) is 0 Å². The van der Waals surface area contributed by atoms with Gasteiger partial charge in [0.25, 0.3) is 5.91 Å². The first-order valence-corrected chi connectivity index (χ1v) is 9.54. The first-order chi connectivity index (χ1) is 15.1. The summed E-state index contributed by atoms with van der Waals surface area (Å²) in [5.74, 6) is -11.3. The molecule has 0 aliphatic carbocycles. The number of carbonyl (C=O) groups excluding carboxylic acids is 2. The summed E-state index contributed by atoms with van der Waals surface area (Å²) in [5, 5.41) is 12.5. The summed E-state index contributed by atoms with van der Waals surface area (Å²) in [7, 11) is 1.75. The third-order valence-corrected chi connectivity index (χ3v) is 5.68. The molecule has 0 spiro atoms. The van der Waals surface area contributed by atoms with Gasteiger partial charge in [-0.05, 0) is 20.0 Å². The topological polar surface area (TPSA) is 129 Å². The van der Waals surface area contributed by atoms with Crippen molar-refractivity contribution in [3.63, 3.8) is 0 Å². The van der Waals surface area contributed by atoms with Crippen LogP contribution in [0.25, 0.3) is 0 Å². The second-order valence-corrected chi connectivity index (χ2v) is 7.59. The van der Waals surface area contributed by atoms with Gasteiger partial charge in [-0.3, -0.25) is 19.3 Å². The zero-order chi connectivity index (χ0) is 23.5. The molecule has 1 amide bonds. The SMILES string of the molecule is CNC1CN(c2c(F)cc3c(c2C)N(c2nc(N)c(F)cc2F)C(=O)C(C(=O)O)C3=O)C1. The number of carbonyl (C=O) groups is 3. The molecule has 1 atom stereocenters. The molecule has 1 aromatic carbocycles. The maximum Gasteiger partial charge on any atom is 0.324 e. The molecule has 2 aliphatic heterocycles. The van der Waals surface area contributed by atoms with E-state index in [1.165, 1.54) is 6.92 Å². The van der Waals surface area contributed by atoms with Gasteiger partial charge in [-0.15, -0.1) is 0 Å². The largest absolute Gasteiger partial charge is 0.480 e. The maximum absolute atomic E-state index is 15.0. The van der Waals surface area contributed by atoms with Gasteiger partial charge in [-0.2, -0.15) is 0 Å². The van der Waals surface area contributed by atoms with Crippen molar-refractivity contribution in [2.45, 2.75) is 13.0 Å². The molecule has 4 rings (SSSR count). The number of pyridine rings is 1. The lowest BCUT2D eigenvalue weighted by atomic mass is 9.87. The Balaban J connectivity index is 1.98. The second-order valence-electron chi connectivity index (χ2n) is 7.59. The van der Waals surface area contributed by atoms with Gasteiger partial charge in [0.2, 0.25) is 0 Å². The van der Waals surface area contributed by atoms with Gasteiger partial charge in [-0.1, -0.05) is 0 Å². The Morgan fingerprint density at radius 2 is 1.81 bits per heavy atom. The number of aliphatic carboxylic acids is 1. The lowest BCUT2D eigenvalue weighted by Gasteiger charge is -2.43. The van der Waals surface area contributed by atoms with Crippen LogP contribution in [0.1, 0.15) is 15.9 Å². The summed E-state index contributed by atoms with van der Waals surface area (Å²) >= 11 is 0. The molecule has 1 saturated heterocycles. The fraction of sp³-hybridized carbons (Fsp3) is 0.300. The number of likely N-dealkylation sites (N-methyl/N-ethyl adjacent to an activating group) is 1. The number of carboxylic acid groups (broad SMARTS) is 1. The molecular formula is C20H18F3N5O4. The van der Waals surface area contributed by atoms with Gasteiger partial charge >= 0.3 is 5.97 Å². The van der Waals surface area contributed by atoms with E-state index >= 15 is 4.39 Å². The number of nitrogens with two attached hydrogens (primary N) is 1. The second kappa shape index (κ2) is 7.48. The van der Waals surface area contributed by atoms with Crippen molar-refractivity contribution in [3.8, 4) is 0 Å². The molecule has 1 unspecified atom stereocenters. The highest BCUT2D eigenvalue weighted by molar-refractivity contribution is 6.32. The molecule has 2 aliphatic rings. The van der Waals surface area contributed by atoms with Crippen LogP contribution in [0, 0.1) is 30.3 Å². The number of anilines is 4. The number of carboxylic acids is 1. The summed E-state index contributed by atoms with van der Waals surface area (Å²) < 4.78 is 43.4. The van der Waals surface area contributed by atoms with Gasteiger partial charge < -0.3 is 21.1 Å². The molecule has 0 bridgehead atoms. The number of ketones is 1. The molecule has 9 nitrogen and oxygen atoms in total. The van der Waals surface area contributed by atoms with Crippen LogP contribution in [0.3, 0.4) is 0 Å². The number of hydrogen-bond acceptors (Lipinski definition) is 7. The minimum atomic E-state index is -2.25. The number of amides is 1. The average Bonchev–Trinajstić information content (AvgIpc) is 2.67. The van der Waals surface area contributed by atoms with E-state index in [4.69, 9.17) is 5.73 Å². The van der Waals surface area contributed by atoms with Gasteiger partial charge in [0.15, 0.2) is 35.0 Å². The molecule has 0 saturated carbocycles. The first kappa shape index (κ1) is 21.6. The molecule has 1 fully saturated rings. The Kier molecular flexibility index (Phi) is 5.04. The molecule has 3 heterocycles. The predicted molar refractivity (Wildman–Crippen MR) is 107 cm³/mol. The maximum atomic E-state index is 15.0. The van der Waals surface area contributed by atoms with Gasteiger partial charge in [0.05, 0.1) is 11.4 Å². The van der Waals surface area contributed by atoms with E-state index in [9.17, 15) is 28.3 Å². The monoisotopic (exact) mass is 449 g/mol. The lowest BCUT2D eigenvalue weighted by Crippen LogP contribution is -2.57. The van der Waals surface area contributed by atoms with Crippen LogP contribution >= 0.6 is 0 Å². The Bertz CT molecular complexity index is 1180. The highest BCUT2D eigenvalue weighted by atomic mass is 19.1. The minimum absolute atomic E-state index is 0.0742. The molecule has 4 N–H and O–H groups in total. The smallest absolute Gasteiger partial charge is 0.324 e. The zero-order valence-electron chi connectivity index (χ0n) is 16.9. The Morgan fingerprint density at radius 3 is 2.41 bits per heavy atom. The quantitative estimate of drug-likeness (QED) is 0.597. The predicted octanol–water partition coefficient (Wildman–Crippen LogP) is 1.36. The van der Waals surface area contributed by atoms with Crippen molar-refractivity contribution in [2.75, 3.05) is 35.7 Å². The number of hydrogen-bond donors (Lipinski definition) is 3. The van der Waals surface area contributed by atoms with Crippen LogP contribution < -0.4 is 20.9 Å². The number of rotatable bonds is 4. The van der Waals surface area contributed by atoms with Crippen LogP contribution in [-0.4, -0.2) is 53.9 Å². The number of Topliss-reactive ketones (excluding diaryl/α,β-unsaturated/α-hetero) is 1. The molecular weight excluding hydrogens is 431 g/mol. The number of halogens is 3. The molecule has 2 aromatic rings. The van der Waals surface area contributed by atoms with Crippen molar-refractivity contribution < 1.29 is 32.7 Å². The summed E-state index contributed by atoms with van der Waals surface area (Å²) in [4.78, 5) is 43.3. The lowest BCUT2D eigenvalue weighted by molar-refractivity contribution is -0.143. The number of nitrogens with one attached hydrogen (secondary N) is 1. The van der Waals surface area contributed by atoms with Crippen molar-refractivity contribution >= 4 is 40.7 Å². The Hall–Kier alpha value is -3.67. The standard InChI is InChI=1S/C20H18F3N5O4/c1-7-14-9(3-10(21)15(7)27-5-8(6-27)25-2)16(29)13(20(31)32)19(30)28(14)18-12(23)4-11(22)17(24)26-18/h3-4,8,13,25H,5-6H2,1-2H3,(H2,24,26)(H,31,32). The van der Waals surface area contributed by atoms with Crippen LogP contribution in [0.2, 0.25) is 0 Å². The van der Waals surface area contributed by atoms with E-state index in [-0.39, 0.29) is 23.0 Å². The van der Waals surface area contributed by atoms with E-state index < -0.39 is 58.2 Å². The van der Waals surface area contributed by atoms with Crippen LogP contribution in [0.5, 0.6) is 0 Å². The fourth-order valence-electron chi connectivity index (χ4n) is 4.03. The van der Waals surface area contributed by atoms with E-state index in [0.29, 0.717) is 24.1 Å². The van der Waals surface area contributed by atoms with Crippen molar-refractivity contribution in [2.24, 2.45) is 5.92 Å². The molecule has 168 valence electrons. The van der Waals surface area contributed by atoms with E-state index in [2.05, 4.69) is 10.3 Å². The highest BCUT2D eigenvalue weighted by Gasteiger charge is 2.48. The number of nitrogens with zero attached hydrogens (tertiary/aromatic N) is 3. The number of benzene rings is 1. The summed E-state index contributed by atoms with van der Waals surface area (Å²) in [6.07, 6.45) is 0. The number of nitrogen functional groups attached to an aromatic ring is 1. The number of fused-ring (bicyclic) bond motifs is 1. The van der Waals surface area contributed by atoms with Crippen molar-refractivity contribution in [1.29, 1.82) is 0 Å². The van der Waals surface area contributed by atoms with Gasteiger partial charge in [0, 0.05) is 36.3 Å². The van der Waals surface area contributed by atoms with E-state index in [1.54, 1.807) is 11.9 Å². The van der Waals surface area contributed by atoms with Crippen molar-refractivity contribution in [3.05, 3.63) is 40.7 Å². The number of aromatic nitrogens is 1. The normalized spacial score (nSPS) is 18.6. The first-order valence-electron chi connectivity index (χ1n) is 9.54. The molecule has 0 radical (unpaired) electrons. The highest BCUT2D eigenvalue weighted by Crippen LogP contribution is 2.44. The Morgan fingerprint density at radius 1 is 1.16 bits per heavy atom. The molecule has 1 aromatic heterocycles. The van der Waals surface area contributed by atoms with Gasteiger partial charge in [-0.25, -0.2) is 18.2 Å². The van der Waals surface area contributed by atoms with Crippen LogP contribution in [0.4, 0.5) is 36.2 Å². The van der Waals surface area contributed by atoms with Gasteiger partial charge in [0.1, 0.15) is 5.82 Å². The van der Waals surface area contributed by atoms with Crippen LogP contribution in [0.15, 0.2) is 12.1 Å². The minimum Gasteiger partial charge on any atom is -0.480 e. The molecule has 12 heteroatoms. The van der Waals surface area contributed by atoms with Crippen LogP contribution in [-0.2, 0) is 9.59 Å². The third-order valence-electron chi connectivity index (χ3n) is 5.68. The zero-order valence-corrected chi connectivity index (χ0v) is 16.9. The van der Waals surface area contributed by atoms with Crippen molar-refractivity contribution in [1.82, 2.24) is 10.3 Å². The fourth-order valence-corrected chi connectivity index (χ4v) is 4.03. The average molecular weight is 449 g/mol. The molecule has 32 heavy (non-hydrogen) atoms. The third kappa shape index (κ3) is 3.06. The summed E-state index contributed by atoms with van der Waals surface area (Å²) in [6, 6.07) is 1.31. The summed E-state index contributed by atoms with van der Waals surface area (Å²) in [5.41, 5.74) is 4.96. The van der Waals surface area contributed by atoms with E-state index in [0.717, 1.165) is 6.07 Å². The Labute approximate surface area is 179 Å².